The number of benzene rings is 2. The van der Waals surface area contributed by atoms with E-state index in [0.29, 0.717) is 46.9 Å². The highest BCUT2D eigenvalue weighted by atomic mass is 32.1. The second kappa shape index (κ2) is 11.0. The van der Waals surface area contributed by atoms with Gasteiger partial charge in [-0.2, -0.15) is 0 Å². The second-order valence-electron chi connectivity index (χ2n) is 9.73. The average molecular weight is 545 g/mol. The fraction of sp³-hybridized carbons (Fsp3) is 0.290. The predicted octanol–water partition coefficient (Wildman–Crippen LogP) is 6.08. The first-order chi connectivity index (χ1) is 18.8. The Hall–Kier alpha value is -4.04. The summed E-state index contributed by atoms with van der Waals surface area (Å²) >= 11 is 1.61. The topological polar surface area (TPSA) is 85.9 Å². The number of allylic oxidation sites excluding steroid dienone is 3. The number of rotatable bonds is 7. The fourth-order valence-electron chi connectivity index (χ4n) is 5.51. The van der Waals surface area contributed by atoms with Crippen LogP contribution in [0.25, 0.3) is 0 Å². The minimum Gasteiger partial charge on any atom is -0.495 e. The lowest BCUT2D eigenvalue weighted by Crippen LogP contribution is -2.36. The van der Waals surface area contributed by atoms with E-state index in [1.807, 2.05) is 56.3 Å². The molecular formula is C31H32N2O5S. The van der Waals surface area contributed by atoms with Crippen molar-refractivity contribution < 1.29 is 23.8 Å². The van der Waals surface area contributed by atoms with E-state index < -0.39 is 5.92 Å². The van der Waals surface area contributed by atoms with Gasteiger partial charge in [-0.3, -0.25) is 9.59 Å². The summed E-state index contributed by atoms with van der Waals surface area (Å²) in [4.78, 5) is 29.8. The number of carbonyl (C=O) groups excluding carboxylic acids is 2. The smallest absolute Gasteiger partial charge is 0.254 e. The number of dihydropyridines is 1. The molecule has 1 amide bonds. The summed E-state index contributed by atoms with van der Waals surface area (Å²) < 4.78 is 16.3. The van der Waals surface area contributed by atoms with Crippen molar-refractivity contribution in [1.82, 2.24) is 5.32 Å². The Bertz CT molecular complexity index is 1500. The van der Waals surface area contributed by atoms with E-state index in [-0.39, 0.29) is 17.6 Å². The maximum Gasteiger partial charge on any atom is 0.254 e. The average Bonchev–Trinajstić information content (AvgIpc) is 3.37. The van der Waals surface area contributed by atoms with Gasteiger partial charge in [0.1, 0.15) is 5.75 Å². The first-order valence-electron chi connectivity index (χ1n) is 12.8. The van der Waals surface area contributed by atoms with Gasteiger partial charge in [0.15, 0.2) is 17.3 Å². The van der Waals surface area contributed by atoms with Crippen LogP contribution < -0.4 is 24.8 Å². The molecule has 0 saturated carbocycles. The number of para-hydroxylation sites is 2. The van der Waals surface area contributed by atoms with Crippen LogP contribution in [0.5, 0.6) is 17.2 Å². The summed E-state index contributed by atoms with van der Waals surface area (Å²) in [6.07, 6.45) is 0.994. The molecule has 1 aliphatic heterocycles. The molecule has 0 fully saturated rings. The van der Waals surface area contributed by atoms with E-state index in [1.54, 1.807) is 44.8 Å². The van der Waals surface area contributed by atoms with Gasteiger partial charge in [-0.05, 0) is 68.1 Å². The Kier molecular flexibility index (Phi) is 7.48. The van der Waals surface area contributed by atoms with Gasteiger partial charge in [-0.25, -0.2) is 0 Å². The van der Waals surface area contributed by atoms with Gasteiger partial charge in [0.2, 0.25) is 0 Å². The highest BCUT2D eigenvalue weighted by Crippen LogP contribution is 2.48. The molecule has 0 bridgehead atoms. The number of amides is 1. The molecule has 2 aromatic carbocycles. The molecule has 3 aromatic rings. The monoisotopic (exact) mass is 544 g/mol. The zero-order chi connectivity index (χ0) is 27.7. The molecule has 202 valence electrons. The molecular weight excluding hydrogens is 512 g/mol. The first kappa shape index (κ1) is 26.6. The third-order valence-electron chi connectivity index (χ3n) is 7.35. The van der Waals surface area contributed by atoms with Crippen LogP contribution >= 0.6 is 11.3 Å². The molecule has 2 heterocycles. The molecule has 2 atom stereocenters. The number of ether oxygens (including phenoxy) is 3. The number of Topliss-reactive ketones (excluding diaryl/α,β-unsaturated/α-hetero) is 1. The lowest BCUT2D eigenvalue weighted by Gasteiger charge is -2.36. The van der Waals surface area contributed by atoms with Crippen LogP contribution in [0.15, 0.2) is 77.1 Å². The van der Waals surface area contributed by atoms with Crippen LogP contribution in [-0.4, -0.2) is 33.0 Å². The van der Waals surface area contributed by atoms with Gasteiger partial charge >= 0.3 is 0 Å². The minimum absolute atomic E-state index is 0.0222. The zero-order valence-corrected chi connectivity index (χ0v) is 23.5. The number of aryl methyl sites for hydroxylation is 1. The molecule has 8 heteroatoms. The van der Waals surface area contributed by atoms with E-state index in [4.69, 9.17) is 14.2 Å². The van der Waals surface area contributed by atoms with E-state index in [2.05, 4.69) is 10.6 Å². The number of anilines is 1. The van der Waals surface area contributed by atoms with Crippen molar-refractivity contribution in [3.8, 4) is 17.2 Å². The largest absolute Gasteiger partial charge is 0.495 e. The molecule has 0 radical (unpaired) electrons. The van der Waals surface area contributed by atoms with Crippen molar-refractivity contribution in [2.24, 2.45) is 0 Å². The van der Waals surface area contributed by atoms with Crippen LogP contribution in [0.1, 0.15) is 46.9 Å². The number of hydrogen-bond acceptors (Lipinski definition) is 7. The molecule has 0 saturated heterocycles. The van der Waals surface area contributed by atoms with Crippen LogP contribution in [-0.2, 0) is 9.59 Å². The standard InChI is InChI=1S/C31H32N2O5S/c1-17-10-13-27(39-17)30-28(31(35)33-21-8-6-7-9-24(21)36-3)18(2)32-22-14-20(15-23(34)29(22)30)19-11-12-25(37-4)26(16-19)38-5/h6-13,16,20,30,32H,14-15H2,1-5H3,(H,33,35)/t20-,30-/m0/s1. The number of nitrogens with one attached hydrogen (secondary N) is 2. The van der Waals surface area contributed by atoms with E-state index in [0.717, 1.165) is 26.7 Å². The lowest BCUT2D eigenvalue weighted by atomic mass is 9.73. The molecule has 0 unspecified atom stereocenters. The summed E-state index contributed by atoms with van der Waals surface area (Å²) in [6, 6.07) is 17.2. The molecule has 1 aromatic heterocycles. The molecule has 0 spiro atoms. The molecule has 2 aliphatic rings. The van der Waals surface area contributed by atoms with Crippen molar-refractivity contribution in [2.75, 3.05) is 26.6 Å². The lowest BCUT2D eigenvalue weighted by molar-refractivity contribution is -0.116. The third kappa shape index (κ3) is 5.04. The van der Waals surface area contributed by atoms with Crippen molar-refractivity contribution in [3.05, 3.63) is 92.5 Å². The zero-order valence-electron chi connectivity index (χ0n) is 22.7. The van der Waals surface area contributed by atoms with E-state index in [9.17, 15) is 9.59 Å². The fourth-order valence-corrected chi connectivity index (χ4v) is 6.51. The van der Waals surface area contributed by atoms with E-state index >= 15 is 0 Å². The van der Waals surface area contributed by atoms with Crippen LogP contribution in [0.2, 0.25) is 0 Å². The number of thiophene rings is 1. The summed E-state index contributed by atoms with van der Waals surface area (Å²) in [7, 11) is 4.78. The number of methoxy groups -OCH3 is 3. The summed E-state index contributed by atoms with van der Waals surface area (Å²) in [5.74, 6) is 1.16. The van der Waals surface area contributed by atoms with Gasteiger partial charge in [0, 0.05) is 38.7 Å². The van der Waals surface area contributed by atoms with Crippen molar-refractivity contribution in [2.45, 2.75) is 38.5 Å². The van der Waals surface area contributed by atoms with E-state index in [1.165, 1.54) is 0 Å². The minimum atomic E-state index is -0.450. The number of ketones is 1. The van der Waals surface area contributed by atoms with Gasteiger partial charge in [-0.1, -0.05) is 18.2 Å². The summed E-state index contributed by atoms with van der Waals surface area (Å²) in [6.45, 7) is 3.93. The highest BCUT2D eigenvalue weighted by molar-refractivity contribution is 7.12. The van der Waals surface area contributed by atoms with Gasteiger partial charge in [0.25, 0.3) is 5.91 Å². The Morgan fingerprint density at radius 3 is 2.36 bits per heavy atom. The van der Waals surface area contributed by atoms with Crippen molar-refractivity contribution in [1.29, 1.82) is 0 Å². The van der Waals surface area contributed by atoms with Crippen molar-refractivity contribution >= 4 is 28.7 Å². The Balaban J connectivity index is 1.53. The molecule has 7 nitrogen and oxygen atoms in total. The maximum absolute atomic E-state index is 13.9. The van der Waals surface area contributed by atoms with Crippen LogP contribution in [0.4, 0.5) is 5.69 Å². The number of carbonyl (C=O) groups is 2. The SMILES string of the molecule is COc1ccccc1NC(=O)C1=C(C)NC2=C(C(=O)C[C@@H](c3ccc(OC)c(OC)c3)C2)[C@H]1c1ccc(C)s1. The Morgan fingerprint density at radius 2 is 1.67 bits per heavy atom. The predicted molar refractivity (Wildman–Crippen MR) is 153 cm³/mol. The quantitative estimate of drug-likeness (QED) is 0.375. The molecule has 39 heavy (non-hydrogen) atoms. The summed E-state index contributed by atoms with van der Waals surface area (Å²) in [5.41, 5.74) is 4.41. The van der Waals surface area contributed by atoms with Gasteiger partial charge in [0.05, 0.1) is 32.9 Å². The summed E-state index contributed by atoms with van der Waals surface area (Å²) in [5, 5.41) is 6.47. The first-order valence-corrected chi connectivity index (χ1v) is 13.6. The molecule has 5 rings (SSSR count). The number of hydrogen-bond donors (Lipinski definition) is 2. The second-order valence-corrected chi connectivity index (χ2v) is 11.1. The van der Waals surface area contributed by atoms with Gasteiger partial charge in [-0.15, -0.1) is 11.3 Å². The normalized spacial score (nSPS) is 18.8. The van der Waals surface area contributed by atoms with Crippen LogP contribution in [0, 0.1) is 6.92 Å². The molecule has 1 aliphatic carbocycles. The molecule has 2 N–H and O–H groups in total. The Morgan fingerprint density at radius 1 is 0.923 bits per heavy atom. The highest BCUT2D eigenvalue weighted by Gasteiger charge is 2.41. The third-order valence-corrected chi connectivity index (χ3v) is 8.42. The Labute approximate surface area is 232 Å². The maximum atomic E-state index is 13.9. The van der Waals surface area contributed by atoms with Gasteiger partial charge < -0.3 is 24.8 Å². The van der Waals surface area contributed by atoms with Crippen molar-refractivity contribution in [3.63, 3.8) is 0 Å². The van der Waals surface area contributed by atoms with Crippen LogP contribution in [0.3, 0.4) is 0 Å².